The van der Waals surface area contributed by atoms with E-state index in [2.05, 4.69) is 10.3 Å². The Labute approximate surface area is 176 Å². The number of carboxylic acids is 1. The maximum Gasteiger partial charge on any atom is 0.305 e. The average molecular weight is 447 g/mol. The summed E-state index contributed by atoms with van der Waals surface area (Å²) in [6.45, 7) is 0.0974. The zero-order chi connectivity index (χ0) is 20.4. The van der Waals surface area contributed by atoms with Crippen LogP contribution in [0, 0.1) is 16.4 Å². The Morgan fingerprint density at radius 2 is 2.14 bits per heavy atom. The van der Waals surface area contributed by atoms with E-state index in [-0.39, 0.29) is 25.0 Å². The van der Waals surface area contributed by atoms with E-state index in [1.54, 1.807) is 6.20 Å². The molecule has 5 N–H and O–H groups in total. The molecule has 0 unspecified atom stereocenters. The van der Waals surface area contributed by atoms with Crippen molar-refractivity contribution >= 4 is 36.5 Å². The van der Waals surface area contributed by atoms with Crippen LogP contribution >= 0.6 is 24.6 Å². The van der Waals surface area contributed by atoms with E-state index in [1.165, 1.54) is 6.07 Å². The van der Waals surface area contributed by atoms with Crippen LogP contribution in [0.5, 0.6) is 0 Å². The quantitative estimate of drug-likeness (QED) is 0.509. The molecule has 7 nitrogen and oxygen atoms in total. The van der Waals surface area contributed by atoms with Crippen molar-refractivity contribution < 1.29 is 23.5 Å². The van der Waals surface area contributed by atoms with E-state index in [0.29, 0.717) is 40.9 Å². The van der Waals surface area contributed by atoms with Crippen molar-refractivity contribution in [1.82, 2.24) is 14.9 Å². The van der Waals surface area contributed by atoms with E-state index in [1.807, 2.05) is 4.57 Å². The minimum absolute atomic E-state index is 0. The van der Waals surface area contributed by atoms with Crippen molar-refractivity contribution in [2.24, 2.45) is 5.73 Å². The Morgan fingerprint density at radius 3 is 2.83 bits per heavy atom. The lowest BCUT2D eigenvalue weighted by atomic mass is 9.87. The second-order valence-electron chi connectivity index (χ2n) is 6.80. The van der Waals surface area contributed by atoms with Crippen molar-refractivity contribution in [3.05, 3.63) is 51.6 Å². The zero-order valence-corrected chi connectivity index (χ0v) is 16.9. The smallest absolute Gasteiger partial charge is 0.305 e. The number of amides is 1. The second kappa shape index (κ2) is 9.47. The number of carbonyl (C=O) groups excluding carboxylic acids is 1. The van der Waals surface area contributed by atoms with Crippen LogP contribution in [0.2, 0.25) is 0 Å². The van der Waals surface area contributed by atoms with Gasteiger partial charge in [0.15, 0.2) is 4.77 Å². The maximum absolute atomic E-state index is 14.0. The van der Waals surface area contributed by atoms with Crippen LogP contribution in [0.4, 0.5) is 8.78 Å². The summed E-state index contributed by atoms with van der Waals surface area (Å²) >= 11 is 5.34. The SMILES string of the molecule is Cl.N[C@@H](CC(=O)O)C(=O)NCc1c[nH]c(=S)n1[C@H]1CCc2c(F)cc(F)cc2C1. The monoisotopic (exact) mass is 446 g/mol. The molecule has 1 aliphatic rings. The highest BCUT2D eigenvalue weighted by molar-refractivity contribution is 7.71. The molecule has 1 aliphatic carbocycles. The molecule has 0 aliphatic heterocycles. The van der Waals surface area contributed by atoms with Crippen LogP contribution in [0.25, 0.3) is 0 Å². The molecule has 0 saturated carbocycles. The molecule has 1 aromatic heterocycles. The Kier molecular flexibility index (Phi) is 7.50. The van der Waals surface area contributed by atoms with Gasteiger partial charge in [0, 0.05) is 18.3 Å². The van der Waals surface area contributed by atoms with Crippen molar-refractivity contribution in [3.8, 4) is 0 Å². The average Bonchev–Trinajstić information content (AvgIpc) is 2.98. The maximum atomic E-state index is 14.0. The first-order valence-corrected chi connectivity index (χ1v) is 9.17. The summed E-state index contributed by atoms with van der Waals surface area (Å²) in [6, 6.07) is 0.961. The minimum Gasteiger partial charge on any atom is -0.481 e. The number of nitrogens with one attached hydrogen (secondary N) is 2. The van der Waals surface area contributed by atoms with Gasteiger partial charge in [-0.3, -0.25) is 9.59 Å². The van der Waals surface area contributed by atoms with Crippen LogP contribution in [-0.4, -0.2) is 32.6 Å². The molecule has 2 atom stereocenters. The molecule has 0 fully saturated rings. The van der Waals surface area contributed by atoms with Gasteiger partial charge >= 0.3 is 5.97 Å². The lowest BCUT2D eigenvalue weighted by Gasteiger charge is -2.27. The van der Waals surface area contributed by atoms with Gasteiger partial charge in [-0.25, -0.2) is 8.78 Å². The fraction of sp³-hybridized carbons (Fsp3) is 0.389. The number of H-pyrrole nitrogens is 1. The third-order valence-electron chi connectivity index (χ3n) is 4.87. The van der Waals surface area contributed by atoms with Gasteiger partial charge in [0.05, 0.1) is 24.7 Å². The number of hydrogen-bond donors (Lipinski definition) is 4. The highest BCUT2D eigenvalue weighted by atomic mass is 35.5. The third-order valence-corrected chi connectivity index (χ3v) is 5.18. The van der Waals surface area contributed by atoms with Crippen molar-refractivity contribution in [1.29, 1.82) is 0 Å². The Balaban J connectivity index is 0.00000300. The van der Waals surface area contributed by atoms with E-state index in [0.717, 1.165) is 6.07 Å². The van der Waals surface area contributed by atoms with E-state index in [9.17, 15) is 18.4 Å². The van der Waals surface area contributed by atoms with Crippen molar-refractivity contribution in [2.45, 2.75) is 44.3 Å². The number of carbonyl (C=O) groups is 2. The van der Waals surface area contributed by atoms with Crippen LogP contribution < -0.4 is 11.1 Å². The number of carboxylic acid groups (broad SMARTS) is 1. The molecule has 1 heterocycles. The molecule has 0 radical (unpaired) electrons. The van der Waals surface area contributed by atoms with Gasteiger partial charge in [0.1, 0.15) is 11.6 Å². The second-order valence-corrected chi connectivity index (χ2v) is 7.19. The molecule has 0 spiro atoms. The first-order valence-electron chi connectivity index (χ1n) is 8.77. The van der Waals surface area contributed by atoms with Gasteiger partial charge in [0.25, 0.3) is 0 Å². The molecule has 1 aromatic carbocycles. The van der Waals surface area contributed by atoms with Crippen LogP contribution in [0.3, 0.4) is 0 Å². The summed E-state index contributed by atoms with van der Waals surface area (Å²) in [5.41, 5.74) is 7.35. The molecule has 11 heteroatoms. The summed E-state index contributed by atoms with van der Waals surface area (Å²) in [7, 11) is 0. The molecular formula is C18H21ClF2N4O3S. The van der Waals surface area contributed by atoms with Gasteiger partial charge in [-0.15, -0.1) is 12.4 Å². The van der Waals surface area contributed by atoms with Crippen molar-refractivity contribution in [3.63, 3.8) is 0 Å². The number of nitrogens with two attached hydrogens (primary N) is 1. The first-order chi connectivity index (χ1) is 13.3. The topological polar surface area (TPSA) is 113 Å². The lowest BCUT2D eigenvalue weighted by molar-refractivity contribution is -0.139. The lowest BCUT2D eigenvalue weighted by Crippen LogP contribution is -2.41. The molecule has 29 heavy (non-hydrogen) atoms. The summed E-state index contributed by atoms with van der Waals surface area (Å²) in [5, 5.41) is 11.3. The first kappa shape index (κ1) is 23.0. The largest absolute Gasteiger partial charge is 0.481 e. The fourth-order valence-electron chi connectivity index (χ4n) is 3.55. The number of imidazole rings is 1. The number of halogens is 3. The number of aliphatic carboxylic acids is 1. The standard InChI is InChI=1S/C18H20F2N4O3S.ClH/c19-10-3-9-4-11(1-2-13(9)14(20)5-10)24-12(8-23-18(24)28)7-22-17(27)15(21)6-16(25)26;/h3,5,8,11,15H,1-2,4,6-7,21H2,(H,22,27)(H,23,28)(H,25,26);1H/t11-,15-;/m0./s1. The Morgan fingerprint density at radius 1 is 1.41 bits per heavy atom. The van der Waals surface area contributed by atoms with Crippen LogP contribution in [0.15, 0.2) is 18.3 Å². The molecular weight excluding hydrogens is 426 g/mol. The van der Waals surface area contributed by atoms with Gasteiger partial charge in [-0.1, -0.05) is 0 Å². The summed E-state index contributed by atoms with van der Waals surface area (Å²) in [4.78, 5) is 25.5. The number of benzene rings is 1. The van der Waals surface area contributed by atoms with Crippen LogP contribution in [-0.2, 0) is 29.0 Å². The van der Waals surface area contributed by atoms with E-state index < -0.39 is 36.0 Å². The van der Waals surface area contributed by atoms with Gasteiger partial charge in [0.2, 0.25) is 5.91 Å². The highest BCUT2D eigenvalue weighted by Crippen LogP contribution is 2.32. The number of nitrogens with zero attached hydrogens (tertiary/aromatic N) is 1. The van der Waals surface area contributed by atoms with Crippen LogP contribution in [0.1, 0.15) is 35.7 Å². The van der Waals surface area contributed by atoms with E-state index >= 15 is 0 Å². The fourth-order valence-corrected chi connectivity index (χ4v) is 3.87. The summed E-state index contributed by atoms with van der Waals surface area (Å²) in [5.74, 6) is -2.90. The molecule has 1 amide bonds. The minimum atomic E-state index is -1.16. The third kappa shape index (κ3) is 5.20. The van der Waals surface area contributed by atoms with Crippen molar-refractivity contribution in [2.75, 3.05) is 0 Å². The Hall–Kier alpha value is -2.30. The summed E-state index contributed by atoms with van der Waals surface area (Å²) in [6.07, 6.45) is 2.65. The summed E-state index contributed by atoms with van der Waals surface area (Å²) < 4.78 is 29.8. The number of rotatable bonds is 6. The predicted octanol–water partition coefficient (Wildman–Crippen LogP) is 2.39. The normalized spacial score (nSPS) is 16.4. The Bertz CT molecular complexity index is 979. The molecule has 3 rings (SSSR count). The molecule has 2 aromatic rings. The molecule has 0 saturated heterocycles. The van der Waals surface area contributed by atoms with Gasteiger partial charge in [-0.2, -0.15) is 0 Å². The van der Waals surface area contributed by atoms with E-state index in [4.69, 9.17) is 23.1 Å². The number of aromatic amines is 1. The molecule has 158 valence electrons. The van der Waals surface area contributed by atoms with Gasteiger partial charge in [-0.05, 0) is 48.7 Å². The highest BCUT2D eigenvalue weighted by Gasteiger charge is 2.25. The zero-order valence-electron chi connectivity index (χ0n) is 15.3. The van der Waals surface area contributed by atoms with Gasteiger partial charge < -0.3 is 25.7 Å². The predicted molar refractivity (Wildman–Crippen MR) is 106 cm³/mol. The molecule has 0 bridgehead atoms. The number of aromatic nitrogens is 2. The number of fused-ring (bicyclic) bond motifs is 1. The number of hydrogen-bond acceptors (Lipinski definition) is 4.